The highest BCUT2D eigenvalue weighted by atomic mass is 31.2. The molecular formula is C15H25O2P. The van der Waals surface area contributed by atoms with Crippen LogP contribution in [0, 0.1) is 5.92 Å². The molecular weight excluding hydrogens is 243 g/mol. The first-order valence-electron chi connectivity index (χ1n) is 6.84. The lowest BCUT2D eigenvalue weighted by molar-refractivity contribution is 0.470. The van der Waals surface area contributed by atoms with Crippen molar-refractivity contribution in [3.8, 4) is 0 Å². The van der Waals surface area contributed by atoms with Crippen LogP contribution in [0.4, 0.5) is 0 Å². The summed E-state index contributed by atoms with van der Waals surface area (Å²) in [5.41, 5.74) is 0.963. The molecule has 0 bridgehead atoms. The van der Waals surface area contributed by atoms with E-state index >= 15 is 0 Å². The maximum absolute atomic E-state index is 12.0. The van der Waals surface area contributed by atoms with Crippen LogP contribution < -0.4 is 0 Å². The zero-order chi connectivity index (χ0) is 13.4. The van der Waals surface area contributed by atoms with Crippen molar-refractivity contribution in [3.63, 3.8) is 0 Å². The minimum absolute atomic E-state index is 0.317. The van der Waals surface area contributed by atoms with E-state index in [2.05, 4.69) is 13.8 Å². The van der Waals surface area contributed by atoms with E-state index in [1.165, 1.54) is 12.8 Å². The molecule has 0 spiro atoms. The number of hydrogen-bond acceptors (Lipinski definition) is 1. The average Bonchev–Trinajstić information content (AvgIpc) is 2.28. The first-order valence-corrected chi connectivity index (χ1v) is 8.87. The lowest BCUT2D eigenvalue weighted by Gasteiger charge is -2.11. The Labute approximate surface area is 111 Å². The summed E-state index contributed by atoms with van der Waals surface area (Å²) < 4.78 is 12.0. The van der Waals surface area contributed by atoms with Gasteiger partial charge in [-0.2, -0.15) is 0 Å². The van der Waals surface area contributed by atoms with Gasteiger partial charge in [-0.05, 0) is 17.9 Å². The molecule has 0 aromatic heterocycles. The smallest absolute Gasteiger partial charge is 0.204 e. The number of hydrogen-bond donors (Lipinski definition) is 1. The molecule has 0 saturated carbocycles. The van der Waals surface area contributed by atoms with Crippen molar-refractivity contribution < 1.29 is 9.46 Å². The Morgan fingerprint density at radius 3 is 2.39 bits per heavy atom. The van der Waals surface area contributed by atoms with E-state index in [9.17, 15) is 9.46 Å². The Hall–Kier alpha value is -0.590. The van der Waals surface area contributed by atoms with Crippen molar-refractivity contribution in [3.05, 3.63) is 35.9 Å². The fraction of sp³-hybridized carbons (Fsp3) is 0.600. The Kier molecular flexibility index (Phi) is 6.67. The fourth-order valence-electron chi connectivity index (χ4n) is 2.04. The summed E-state index contributed by atoms with van der Waals surface area (Å²) in [7, 11) is -2.98. The third-order valence-electron chi connectivity index (χ3n) is 3.06. The molecule has 2 nitrogen and oxygen atoms in total. The van der Waals surface area contributed by atoms with E-state index < -0.39 is 7.37 Å². The van der Waals surface area contributed by atoms with Gasteiger partial charge in [-0.1, -0.05) is 63.4 Å². The van der Waals surface area contributed by atoms with E-state index in [0.717, 1.165) is 24.3 Å². The van der Waals surface area contributed by atoms with Gasteiger partial charge in [0.15, 0.2) is 0 Å². The molecule has 1 unspecified atom stereocenters. The molecule has 0 aliphatic heterocycles. The van der Waals surface area contributed by atoms with Gasteiger partial charge >= 0.3 is 0 Å². The molecule has 0 fully saturated rings. The molecule has 3 heteroatoms. The maximum Gasteiger partial charge on any atom is 0.204 e. The van der Waals surface area contributed by atoms with Crippen LogP contribution in [0.5, 0.6) is 0 Å². The minimum atomic E-state index is -2.98. The van der Waals surface area contributed by atoms with Gasteiger partial charge in [0.2, 0.25) is 7.37 Å². The summed E-state index contributed by atoms with van der Waals surface area (Å²) in [4.78, 5) is 9.93. The summed E-state index contributed by atoms with van der Waals surface area (Å²) >= 11 is 0. The third kappa shape index (κ3) is 6.98. The van der Waals surface area contributed by atoms with Crippen molar-refractivity contribution in [2.24, 2.45) is 5.92 Å². The Balaban J connectivity index is 2.26. The molecule has 1 aromatic carbocycles. The molecule has 1 aromatic rings. The standard InChI is InChI=1S/C15H25O2P/c1-14(2)9-5-4-8-12-18(16,17)13-15-10-6-3-7-11-15/h3,6-7,10-11,14H,4-5,8-9,12-13H2,1-2H3,(H,16,17). The molecule has 18 heavy (non-hydrogen) atoms. The summed E-state index contributed by atoms with van der Waals surface area (Å²) in [5.74, 6) is 0.732. The van der Waals surface area contributed by atoms with Gasteiger partial charge in [0.1, 0.15) is 0 Å². The second kappa shape index (κ2) is 7.76. The second-order valence-corrected chi connectivity index (χ2v) is 7.91. The van der Waals surface area contributed by atoms with Gasteiger partial charge in [0.25, 0.3) is 0 Å². The lowest BCUT2D eigenvalue weighted by Crippen LogP contribution is -1.95. The van der Waals surface area contributed by atoms with E-state index in [1.807, 2.05) is 30.3 Å². The Bertz CT molecular complexity index is 373. The molecule has 0 amide bonds. The van der Waals surface area contributed by atoms with Crippen LogP contribution in [0.25, 0.3) is 0 Å². The van der Waals surface area contributed by atoms with Gasteiger partial charge < -0.3 is 4.89 Å². The van der Waals surface area contributed by atoms with Crippen LogP contribution in [0.15, 0.2) is 30.3 Å². The molecule has 1 atom stereocenters. The number of rotatable bonds is 8. The van der Waals surface area contributed by atoms with Gasteiger partial charge in [-0.25, -0.2) is 0 Å². The molecule has 0 radical (unpaired) electrons. The van der Waals surface area contributed by atoms with Gasteiger partial charge in [0, 0.05) is 12.3 Å². The third-order valence-corrected chi connectivity index (χ3v) is 4.94. The lowest BCUT2D eigenvalue weighted by atomic mass is 10.1. The van der Waals surface area contributed by atoms with Gasteiger partial charge in [-0.15, -0.1) is 0 Å². The van der Waals surface area contributed by atoms with Crippen molar-refractivity contribution in [1.29, 1.82) is 0 Å². The SMILES string of the molecule is CC(C)CCCCCP(=O)(O)Cc1ccccc1. The molecule has 0 heterocycles. The Morgan fingerprint density at radius 1 is 1.11 bits per heavy atom. The van der Waals surface area contributed by atoms with Gasteiger partial charge in [-0.3, -0.25) is 4.57 Å². The largest absolute Gasteiger partial charge is 0.344 e. The van der Waals surface area contributed by atoms with Crippen molar-refractivity contribution in [2.75, 3.05) is 6.16 Å². The Morgan fingerprint density at radius 2 is 1.78 bits per heavy atom. The van der Waals surface area contributed by atoms with E-state index in [0.29, 0.717) is 12.3 Å². The first kappa shape index (κ1) is 15.5. The van der Waals surface area contributed by atoms with Crippen molar-refractivity contribution in [2.45, 2.75) is 45.7 Å². The number of benzene rings is 1. The topological polar surface area (TPSA) is 37.3 Å². The minimum Gasteiger partial charge on any atom is -0.344 e. The molecule has 102 valence electrons. The molecule has 1 rings (SSSR count). The van der Waals surface area contributed by atoms with Crippen LogP contribution in [0.3, 0.4) is 0 Å². The summed E-state index contributed by atoms with van der Waals surface area (Å²) in [5, 5.41) is 0. The highest BCUT2D eigenvalue weighted by Gasteiger charge is 2.17. The molecule has 0 aliphatic rings. The monoisotopic (exact) mass is 268 g/mol. The van der Waals surface area contributed by atoms with Crippen molar-refractivity contribution in [1.82, 2.24) is 0 Å². The zero-order valence-electron chi connectivity index (χ0n) is 11.5. The fourth-order valence-corrected chi connectivity index (χ4v) is 3.69. The maximum atomic E-state index is 12.0. The zero-order valence-corrected chi connectivity index (χ0v) is 12.4. The highest BCUT2D eigenvalue weighted by Crippen LogP contribution is 2.45. The number of unbranched alkanes of at least 4 members (excludes halogenated alkanes) is 2. The quantitative estimate of drug-likeness (QED) is 0.549. The predicted molar refractivity (Wildman–Crippen MR) is 78.1 cm³/mol. The average molecular weight is 268 g/mol. The van der Waals surface area contributed by atoms with Crippen LogP contribution in [0.1, 0.15) is 45.1 Å². The van der Waals surface area contributed by atoms with E-state index in [-0.39, 0.29) is 0 Å². The van der Waals surface area contributed by atoms with Gasteiger partial charge in [0.05, 0.1) is 0 Å². The van der Waals surface area contributed by atoms with Crippen LogP contribution in [0.2, 0.25) is 0 Å². The molecule has 0 aliphatic carbocycles. The first-order chi connectivity index (χ1) is 8.49. The molecule has 0 saturated heterocycles. The van der Waals surface area contributed by atoms with Crippen LogP contribution >= 0.6 is 7.37 Å². The van der Waals surface area contributed by atoms with E-state index in [1.54, 1.807) is 0 Å². The van der Waals surface area contributed by atoms with Crippen LogP contribution in [-0.4, -0.2) is 11.1 Å². The summed E-state index contributed by atoms with van der Waals surface area (Å²) in [6.45, 7) is 4.43. The van der Waals surface area contributed by atoms with E-state index in [4.69, 9.17) is 0 Å². The van der Waals surface area contributed by atoms with Crippen LogP contribution in [-0.2, 0) is 10.7 Å². The summed E-state index contributed by atoms with van der Waals surface area (Å²) in [6, 6.07) is 9.59. The highest BCUT2D eigenvalue weighted by molar-refractivity contribution is 7.57. The predicted octanol–water partition coefficient (Wildman–Crippen LogP) is 4.67. The van der Waals surface area contributed by atoms with Crippen molar-refractivity contribution >= 4 is 7.37 Å². The molecule has 1 N–H and O–H groups in total. The summed E-state index contributed by atoms with van der Waals surface area (Å²) in [6.07, 6.45) is 5.10. The normalized spacial score (nSPS) is 14.7. The second-order valence-electron chi connectivity index (χ2n) is 5.46.